The van der Waals surface area contributed by atoms with Gasteiger partial charge in [0.15, 0.2) is 5.69 Å². The van der Waals surface area contributed by atoms with E-state index in [0.29, 0.717) is 27.5 Å². The van der Waals surface area contributed by atoms with Gasteiger partial charge in [0, 0.05) is 11.3 Å². The molecule has 2 aromatic carbocycles. The van der Waals surface area contributed by atoms with Gasteiger partial charge in [-0.1, -0.05) is 47.7 Å². The molecule has 5 rings (SSSR count). The lowest BCUT2D eigenvalue weighted by atomic mass is 10.1. The number of amides is 1. The van der Waals surface area contributed by atoms with Gasteiger partial charge in [0.25, 0.3) is 11.5 Å². The summed E-state index contributed by atoms with van der Waals surface area (Å²) in [5.41, 5.74) is 0.492. The highest BCUT2D eigenvalue weighted by molar-refractivity contribution is 7.15. The number of hydrogen-bond acceptors (Lipinski definition) is 6. The first-order valence-electron chi connectivity index (χ1n) is 8.93. The van der Waals surface area contributed by atoms with Gasteiger partial charge in [-0.3, -0.25) is 14.9 Å². The van der Waals surface area contributed by atoms with Gasteiger partial charge in [-0.05, 0) is 31.0 Å². The quantitative estimate of drug-likeness (QED) is 0.578. The Morgan fingerprint density at radius 1 is 1.00 bits per heavy atom. The number of rotatable bonds is 4. The van der Waals surface area contributed by atoms with Crippen LogP contribution in [0.25, 0.3) is 16.5 Å². The summed E-state index contributed by atoms with van der Waals surface area (Å²) in [4.78, 5) is 25.9. The van der Waals surface area contributed by atoms with E-state index in [2.05, 4.69) is 20.6 Å². The van der Waals surface area contributed by atoms with Crippen molar-refractivity contribution in [1.29, 1.82) is 0 Å². The fourth-order valence-electron chi connectivity index (χ4n) is 3.04. The number of para-hydroxylation sites is 1. The molecule has 1 N–H and O–H groups in total. The first-order chi connectivity index (χ1) is 13.7. The lowest BCUT2D eigenvalue weighted by Crippen LogP contribution is -2.26. The largest absolute Gasteiger partial charge is 0.295 e. The minimum Gasteiger partial charge on any atom is -0.295 e. The summed E-state index contributed by atoms with van der Waals surface area (Å²) in [6.45, 7) is 0. The van der Waals surface area contributed by atoms with Crippen LogP contribution in [0.1, 0.15) is 34.3 Å². The number of anilines is 1. The number of benzene rings is 2. The maximum absolute atomic E-state index is 13.0. The number of nitrogens with one attached hydrogen (secondary N) is 1. The van der Waals surface area contributed by atoms with Crippen molar-refractivity contribution >= 4 is 33.1 Å². The number of nitrogens with zero attached hydrogens (tertiary/aromatic N) is 4. The molecule has 2 aromatic heterocycles. The average Bonchev–Trinajstić information content (AvgIpc) is 3.48. The SMILES string of the molecule is O=C(Nc1nnc(C2CC2)s1)c1nn(-c2ccccc2)c(=O)c2ccccc12. The lowest BCUT2D eigenvalue weighted by Gasteiger charge is -2.10. The highest BCUT2D eigenvalue weighted by atomic mass is 32.1. The van der Waals surface area contributed by atoms with Crippen LogP contribution in [0.4, 0.5) is 5.13 Å². The number of carbonyl (C=O) groups excluding carboxylic acids is 1. The normalized spacial score (nSPS) is 13.6. The zero-order valence-corrected chi connectivity index (χ0v) is 15.5. The third-order valence-corrected chi connectivity index (χ3v) is 5.61. The van der Waals surface area contributed by atoms with E-state index in [-0.39, 0.29) is 11.3 Å². The van der Waals surface area contributed by atoms with E-state index in [1.807, 2.05) is 18.2 Å². The van der Waals surface area contributed by atoms with Crippen molar-refractivity contribution < 1.29 is 4.79 Å². The van der Waals surface area contributed by atoms with Crippen LogP contribution in [0.5, 0.6) is 0 Å². The van der Waals surface area contributed by atoms with E-state index in [1.54, 1.807) is 36.4 Å². The van der Waals surface area contributed by atoms with E-state index >= 15 is 0 Å². The second-order valence-corrected chi connectivity index (χ2v) is 7.63. The molecule has 28 heavy (non-hydrogen) atoms. The molecule has 8 heteroatoms. The minimum atomic E-state index is -0.417. The first-order valence-corrected chi connectivity index (χ1v) is 9.74. The van der Waals surface area contributed by atoms with Crippen LogP contribution in [0, 0.1) is 0 Å². The molecule has 0 saturated heterocycles. The Kier molecular flexibility index (Phi) is 3.98. The molecule has 0 aliphatic heterocycles. The average molecular weight is 389 g/mol. The Hall–Kier alpha value is -3.39. The predicted octanol–water partition coefficient (Wildman–Crippen LogP) is 3.37. The van der Waals surface area contributed by atoms with Crippen LogP contribution < -0.4 is 10.9 Å². The van der Waals surface area contributed by atoms with Gasteiger partial charge in [-0.2, -0.15) is 9.78 Å². The van der Waals surface area contributed by atoms with Crippen LogP contribution in [0.15, 0.2) is 59.4 Å². The summed E-state index contributed by atoms with van der Waals surface area (Å²) in [6.07, 6.45) is 2.24. The Morgan fingerprint density at radius 3 is 2.46 bits per heavy atom. The lowest BCUT2D eigenvalue weighted by molar-refractivity contribution is 0.102. The van der Waals surface area contributed by atoms with Crippen molar-refractivity contribution in [3.63, 3.8) is 0 Å². The van der Waals surface area contributed by atoms with E-state index in [4.69, 9.17) is 0 Å². The Balaban J connectivity index is 1.60. The summed E-state index contributed by atoms with van der Waals surface area (Å²) < 4.78 is 1.26. The second kappa shape index (κ2) is 6.65. The molecule has 4 aromatic rings. The van der Waals surface area contributed by atoms with Gasteiger partial charge < -0.3 is 0 Å². The van der Waals surface area contributed by atoms with Crippen molar-refractivity contribution in [1.82, 2.24) is 20.0 Å². The van der Waals surface area contributed by atoms with Crippen molar-refractivity contribution in [3.05, 3.63) is 75.7 Å². The van der Waals surface area contributed by atoms with Gasteiger partial charge in [0.05, 0.1) is 11.1 Å². The fourth-order valence-corrected chi connectivity index (χ4v) is 3.95. The Bertz CT molecular complexity index is 1240. The summed E-state index contributed by atoms with van der Waals surface area (Å²) in [5, 5.41) is 17.7. The maximum atomic E-state index is 13.0. The minimum absolute atomic E-state index is 0.169. The molecule has 1 saturated carbocycles. The van der Waals surface area contributed by atoms with Crippen molar-refractivity contribution in [2.75, 3.05) is 5.32 Å². The number of hydrogen-bond donors (Lipinski definition) is 1. The predicted molar refractivity (Wildman–Crippen MR) is 107 cm³/mol. The molecule has 0 spiro atoms. The third kappa shape index (κ3) is 2.97. The Morgan fingerprint density at radius 2 is 1.71 bits per heavy atom. The second-order valence-electron chi connectivity index (χ2n) is 6.62. The van der Waals surface area contributed by atoms with E-state index in [1.165, 1.54) is 16.0 Å². The third-order valence-electron chi connectivity index (χ3n) is 4.61. The van der Waals surface area contributed by atoms with Crippen molar-refractivity contribution in [2.45, 2.75) is 18.8 Å². The molecule has 2 heterocycles. The summed E-state index contributed by atoms with van der Waals surface area (Å²) in [7, 11) is 0. The number of fused-ring (bicyclic) bond motifs is 1. The standard InChI is InChI=1S/C20H15N5O2S/c26-17(21-20-23-22-18(28-20)12-10-11-12)16-14-8-4-5-9-15(14)19(27)25(24-16)13-6-2-1-3-7-13/h1-9,12H,10-11H2,(H,21,23,26). The van der Waals surface area contributed by atoms with Gasteiger partial charge in [-0.25, -0.2) is 0 Å². The maximum Gasteiger partial charge on any atom is 0.279 e. The monoisotopic (exact) mass is 389 g/mol. The molecule has 7 nitrogen and oxygen atoms in total. The van der Waals surface area contributed by atoms with E-state index in [0.717, 1.165) is 17.8 Å². The molecule has 1 fully saturated rings. The zero-order valence-electron chi connectivity index (χ0n) is 14.7. The fraction of sp³-hybridized carbons (Fsp3) is 0.150. The molecule has 0 atom stereocenters. The molecule has 1 amide bonds. The molecule has 1 aliphatic carbocycles. The smallest absolute Gasteiger partial charge is 0.279 e. The molecule has 0 unspecified atom stereocenters. The number of carbonyl (C=O) groups is 1. The van der Waals surface area contributed by atoms with E-state index in [9.17, 15) is 9.59 Å². The summed E-state index contributed by atoms with van der Waals surface area (Å²) >= 11 is 1.39. The molecule has 1 aliphatic rings. The van der Waals surface area contributed by atoms with Gasteiger partial charge >= 0.3 is 0 Å². The molecular formula is C20H15N5O2S. The zero-order chi connectivity index (χ0) is 19.1. The summed E-state index contributed by atoms with van der Waals surface area (Å²) in [6, 6.07) is 16.0. The van der Waals surface area contributed by atoms with Crippen molar-refractivity contribution in [3.8, 4) is 5.69 Å². The van der Waals surface area contributed by atoms with Crippen LogP contribution in [0.2, 0.25) is 0 Å². The van der Waals surface area contributed by atoms with Gasteiger partial charge in [-0.15, -0.1) is 10.2 Å². The molecule has 0 radical (unpaired) electrons. The van der Waals surface area contributed by atoms with Crippen LogP contribution in [0.3, 0.4) is 0 Å². The topological polar surface area (TPSA) is 89.8 Å². The van der Waals surface area contributed by atoms with E-state index < -0.39 is 5.91 Å². The van der Waals surface area contributed by atoms with Crippen LogP contribution >= 0.6 is 11.3 Å². The molecule has 138 valence electrons. The highest BCUT2D eigenvalue weighted by Gasteiger charge is 2.28. The molecule has 0 bridgehead atoms. The van der Waals surface area contributed by atoms with Crippen LogP contribution in [-0.4, -0.2) is 25.9 Å². The number of aromatic nitrogens is 4. The van der Waals surface area contributed by atoms with Gasteiger partial charge in [0.1, 0.15) is 5.01 Å². The highest BCUT2D eigenvalue weighted by Crippen LogP contribution is 2.42. The summed E-state index contributed by atoms with van der Waals surface area (Å²) in [5.74, 6) is 0.0569. The van der Waals surface area contributed by atoms with Crippen molar-refractivity contribution in [2.24, 2.45) is 0 Å². The first kappa shape index (κ1) is 16.8. The van der Waals surface area contributed by atoms with Crippen LogP contribution in [-0.2, 0) is 0 Å². The van der Waals surface area contributed by atoms with Gasteiger partial charge in [0.2, 0.25) is 5.13 Å². The molecular weight excluding hydrogens is 374 g/mol. The Labute approximate surface area is 163 Å².